The molecule has 0 unspecified atom stereocenters. The predicted molar refractivity (Wildman–Crippen MR) is 164 cm³/mol. The van der Waals surface area contributed by atoms with Crippen LogP contribution in [0.15, 0.2) is 70.4 Å². The second kappa shape index (κ2) is 14.9. The Balaban J connectivity index is 1.20. The van der Waals surface area contributed by atoms with Gasteiger partial charge in [-0.1, -0.05) is 17.8 Å². The molecule has 2 aromatic carbocycles. The summed E-state index contributed by atoms with van der Waals surface area (Å²) >= 11 is 2.64. The summed E-state index contributed by atoms with van der Waals surface area (Å²) in [4.78, 5) is 31.2. The molecule has 0 aliphatic rings. The number of phenols is 1. The predicted octanol–water partition coefficient (Wildman–Crippen LogP) is 7.71. The Hall–Kier alpha value is -4.60. The zero-order valence-corrected chi connectivity index (χ0v) is 24.5. The van der Waals surface area contributed by atoms with Crippen molar-refractivity contribution in [2.24, 2.45) is 10.2 Å². The summed E-state index contributed by atoms with van der Waals surface area (Å²) in [5, 5.41) is 36.3. The number of nitrogens with zero attached hydrogens (tertiary/aromatic N) is 5. The number of nitriles is 1. The number of carboxylic acids is 1. The van der Waals surface area contributed by atoms with Gasteiger partial charge >= 0.3 is 11.9 Å². The minimum atomic E-state index is -1.26. The summed E-state index contributed by atoms with van der Waals surface area (Å²) in [7, 11) is 0. The Morgan fingerprint density at radius 3 is 2.45 bits per heavy atom. The molecule has 0 atom stereocenters. The third-order valence-electron chi connectivity index (χ3n) is 6.24. The normalized spacial score (nSPS) is 11.6. The van der Waals surface area contributed by atoms with Crippen molar-refractivity contribution in [3.8, 4) is 11.8 Å². The van der Waals surface area contributed by atoms with Gasteiger partial charge in [0.15, 0.2) is 0 Å². The van der Waals surface area contributed by atoms with Crippen molar-refractivity contribution in [2.45, 2.75) is 32.6 Å². The number of fused-ring (bicyclic) bond motifs is 1. The van der Waals surface area contributed by atoms with Crippen LogP contribution in [-0.2, 0) is 9.53 Å². The number of azo groups is 1. The maximum atomic E-state index is 12.0. The SMILES string of the molecule is CCN(CCCCCCOC(=O)c1ccc(O)cc1)c1ccc(/N=N/c2nc3sc(/C=C(\C#N)C(=O)O)cc3s2)cc1. The number of rotatable bonds is 14. The Labute approximate surface area is 250 Å². The van der Waals surface area contributed by atoms with E-state index < -0.39 is 5.97 Å². The van der Waals surface area contributed by atoms with E-state index >= 15 is 0 Å². The summed E-state index contributed by atoms with van der Waals surface area (Å²) < 4.78 is 6.16. The number of carboxylic acid groups (broad SMARTS) is 1. The monoisotopic (exact) mass is 603 g/mol. The van der Waals surface area contributed by atoms with E-state index in [1.54, 1.807) is 24.3 Å². The van der Waals surface area contributed by atoms with Crippen LogP contribution in [0.25, 0.3) is 15.6 Å². The molecule has 216 valence electrons. The minimum Gasteiger partial charge on any atom is -0.508 e. The zero-order valence-electron chi connectivity index (χ0n) is 22.9. The van der Waals surface area contributed by atoms with E-state index in [1.165, 1.54) is 40.9 Å². The summed E-state index contributed by atoms with van der Waals surface area (Å²) in [6, 6.07) is 17.4. The topological polar surface area (TPSA) is 148 Å². The molecule has 0 fully saturated rings. The molecule has 12 heteroatoms. The average Bonchev–Trinajstić information content (AvgIpc) is 3.55. The van der Waals surface area contributed by atoms with Gasteiger partial charge in [-0.15, -0.1) is 21.6 Å². The van der Waals surface area contributed by atoms with Crippen LogP contribution in [0, 0.1) is 11.3 Å². The molecule has 4 aromatic rings. The first kappa shape index (κ1) is 30.4. The lowest BCUT2D eigenvalue weighted by molar-refractivity contribution is -0.132. The number of ether oxygens (including phenoxy) is 1. The molecule has 0 radical (unpaired) electrons. The number of esters is 1. The summed E-state index contributed by atoms with van der Waals surface area (Å²) in [5.74, 6) is -1.52. The van der Waals surface area contributed by atoms with Gasteiger partial charge in [-0.05, 0) is 86.9 Å². The van der Waals surface area contributed by atoms with Gasteiger partial charge in [0.05, 0.1) is 22.6 Å². The molecule has 42 heavy (non-hydrogen) atoms. The Morgan fingerprint density at radius 1 is 1.05 bits per heavy atom. The standard InChI is InChI=1S/C30H29N5O5S2/c1-2-35(15-5-3-4-6-16-40-29(39)20-7-13-24(36)14-8-20)23-11-9-22(10-12-23)33-34-30-32-27-26(42-30)18-25(41-27)17-21(19-31)28(37)38/h7-14,17-18,36H,2-6,15-16H2,1H3,(H,37,38)/b21-17+,34-33+. The fourth-order valence-electron chi connectivity index (χ4n) is 4.04. The first-order chi connectivity index (χ1) is 20.4. The number of unbranched alkanes of at least 4 members (excludes halogenated alkanes) is 3. The van der Waals surface area contributed by atoms with E-state index in [2.05, 4.69) is 27.0 Å². The van der Waals surface area contributed by atoms with Crippen LogP contribution in [0.1, 0.15) is 47.8 Å². The maximum absolute atomic E-state index is 12.0. The van der Waals surface area contributed by atoms with E-state index in [0.29, 0.717) is 32.7 Å². The number of thiazole rings is 1. The van der Waals surface area contributed by atoms with Crippen molar-refractivity contribution < 1.29 is 24.5 Å². The van der Waals surface area contributed by atoms with Crippen LogP contribution in [0.5, 0.6) is 5.75 Å². The molecule has 0 aliphatic heterocycles. The molecule has 0 aliphatic carbocycles. The number of thiophene rings is 1. The second-order valence-corrected chi connectivity index (χ2v) is 11.3. The van der Waals surface area contributed by atoms with E-state index in [0.717, 1.165) is 49.2 Å². The van der Waals surface area contributed by atoms with Crippen molar-refractivity contribution >= 4 is 66.7 Å². The molecule has 2 heterocycles. The Morgan fingerprint density at radius 2 is 1.79 bits per heavy atom. The summed E-state index contributed by atoms with van der Waals surface area (Å²) in [6.45, 7) is 4.29. The Kier molecular flexibility index (Phi) is 10.7. The number of carbonyl (C=O) groups excluding carboxylic acids is 1. The molecular weight excluding hydrogens is 574 g/mol. The minimum absolute atomic E-state index is 0.116. The van der Waals surface area contributed by atoms with Gasteiger partial charge in [-0.2, -0.15) is 5.26 Å². The van der Waals surface area contributed by atoms with Crippen molar-refractivity contribution in [2.75, 3.05) is 24.6 Å². The quantitative estimate of drug-likeness (QED) is 0.0489. The molecule has 2 N–H and O–H groups in total. The van der Waals surface area contributed by atoms with E-state index in [4.69, 9.17) is 15.1 Å². The fraction of sp³-hybridized carbons (Fsp3) is 0.267. The van der Waals surface area contributed by atoms with Gasteiger partial charge in [-0.25, -0.2) is 14.6 Å². The first-order valence-electron chi connectivity index (χ1n) is 13.3. The zero-order chi connectivity index (χ0) is 29.9. The smallest absolute Gasteiger partial charge is 0.346 e. The highest BCUT2D eigenvalue weighted by Gasteiger charge is 2.11. The fourth-order valence-corrected chi connectivity index (χ4v) is 6.03. The number of hydrogen-bond acceptors (Lipinski definition) is 11. The number of aliphatic carboxylic acids is 1. The molecule has 0 bridgehead atoms. The highest BCUT2D eigenvalue weighted by Crippen LogP contribution is 2.36. The molecule has 0 spiro atoms. The second-order valence-electron chi connectivity index (χ2n) is 9.18. The van der Waals surface area contributed by atoms with E-state index in [-0.39, 0.29) is 17.3 Å². The highest BCUT2D eigenvalue weighted by atomic mass is 32.1. The van der Waals surface area contributed by atoms with Crippen molar-refractivity contribution in [3.63, 3.8) is 0 Å². The third-order valence-corrected chi connectivity index (χ3v) is 8.23. The van der Waals surface area contributed by atoms with Gasteiger partial charge in [-0.3, -0.25) is 0 Å². The number of aromatic hydroxyl groups is 1. The van der Waals surface area contributed by atoms with Crippen molar-refractivity contribution in [1.29, 1.82) is 5.26 Å². The van der Waals surface area contributed by atoms with E-state index in [1.807, 2.05) is 24.3 Å². The van der Waals surface area contributed by atoms with Crippen molar-refractivity contribution in [3.05, 3.63) is 70.6 Å². The Bertz CT molecular complexity index is 1590. The molecule has 4 rings (SSSR count). The van der Waals surface area contributed by atoms with Crippen LogP contribution >= 0.6 is 22.7 Å². The lowest BCUT2D eigenvalue weighted by Crippen LogP contribution is -2.23. The average molecular weight is 604 g/mol. The van der Waals surface area contributed by atoms with Gasteiger partial charge in [0, 0.05) is 23.7 Å². The highest BCUT2D eigenvalue weighted by molar-refractivity contribution is 7.29. The van der Waals surface area contributed by atoms with Gasteiger partial charge < -0.3 is 19.8 Å². The molecule has 0 saturated carbocycles. The number of carbonyl (C=O) groups is 2. The van der Waals surface area contributed by atoms with Crippen LogP contribution in [0.3, 0.4) is 0 Å². The summed E-state index contributed by atoms with van der Waals surface area (Å²) in [5.41, 5.74) is 1.92. The number of aromatic nitrogens is 1. The van der Waals surface area contributed by atoms with Gasteiger partial charge in [0.1, 0.15) is 22.2 Å². The largest absolute Gasteiger partial charge is 0.508 e. The lowest BCUT2D eigenvalue weighted by atomic mass is 10.2. The number of hydrogen-bond donors (Lipinski definition) is 2. The third kappa shape index (κ3) is 8.45. The van der Waals surface area contributed by atoms with Crippen molar-refractivity contribution in [1.82, 2.24) is 4.98 Å². The van der Waals surface area contributed by atoms with Crippen LogP contribution in [0.4, 0.5) is 16.5 Å². The molecule has 10 nitrogen and oxygen atoms in total. The molecule has 0 amide bonds. The number of benzene rings is 2. The lowest BCUT2D eigenvalue weighted by Gasteiger charge is -2.23. The molecular formula is C30H29N5O5S2. The first-order valence-corrected chi connectivity index (χ1v) is 15.0. The van der Waals surface area contributed by atoms with E-state index in [9.17, 15) is 14.7 Å². The maximum Gasteiger partial charge on any atom is 0.346 e. The number of phenolic OH excluding ortho intramolecular Hbond substituents is 1. The van der Waals surface area contributed by atoms with Gasteiger partial charge in [0.25, 0.3) is 0 Å². The molecule has 2 aromatic heterocycles. The summed E-state index contributed by atoms with van der Waals surface area (Å²) in [6.07, 6.45) is 5.16. The molecule has 0 saturated heterocycles. The van der Waals surface area contributed by atoms with Gasteiger partial charge in [0.2, 0.25) is 5.13 Å². The van der Waals surface area contributed by atoms with Crippen LogP contribution in [-0.4, -0.2) is 46.8 Å². The van der Waals surface area contributed by atoms with Crippen LogP contribution in [0.2, 0.25) is 0 Å². The van der Waals surface area contributed by atoms with Crippen LogP contribution < -0.4 is 4.90 Å². The number of anilines is 1.